The highest BCUT2D eigenvalue weighted by molar-refractivity contribution is 14.0. The topological polar surface area (TPSA) is 56.7 Å². The minimum Gasteiger partial charge on any atom is -0.357 e. The Labute approximate surface area is 176 Å². The van der Waals surface area contributed by atoms with E-state index in [2.05, 4.69) is 36.3 Å². The molecule has 1 aliphatic carbocycles. The summed E-state index contributed by atoms with van der Waals surface area (Å²) in [4.78, 5) is 19.2. The standard InChI is InChI=1S/C20H36N4O.HI/c1-4-21-18(23-13-19(2,3)16-8-5-6-9-16)24-11-7-10-20(15-24)12-17(25)22-14-20;/h16H,4-15H2,1-3H3,(H,21,23)(H,22,25);1H. The first-order valence-corrected chi connectivity index (χ1v) is 10.2. The van der Waals surface area contributed by atoms with Gasteiger partial charge >= 0.3 is 0 Å². The Morgan fingerprint density at radius 2 is 2.08 bits per heavy atom. The van der Waals surface area contributed by atoms with Gasteiger partial charge in [-0.05, 0) is 43.9 Å². The van der Waals surface area contributed by atoms with Crippen LogP contribution in [-0.2, 0) is 4.79 Å². The summed E-state index contributed by atoms with van der Waals surface area (Å²) in [6, 6.07) is 0. The number of carbonyl (C=O) groups excluding carboxylic acids is 1. The van der Waals surface area contributed by atoms with E-state index < -0.39 is 0 Å². The van der Waals surface area contributed by atoms with Gasteiger partial charge in [0.15, 0.2) is 5.96 Å². The highest BCUT2D eigenvalue weighted by atomic mass is 127. The molecule has 2 heterocycles. The van der Waals surface area contributed by atoms with Gasteiger partial charge in [-0.3, -0.25) is 9.79 Å². The van der Waals surface area contributed by atoms with E-state index in [1.54, 1.807) is 0 Å². The summed E-state index contributed by atoms with van der Waals surface area (Å²) >= 11 is 0. The molecule has 26 heavy (non-hydrogen) atoms. The minimum absolute atomic E-state index is 0. The molecule has 1 unspecified atom stereocenters. The molecule has 6 heteroatoms. The van der Waals surface area contributed by atoms with Crippen molar-refractivity contribution in [3.8, 4) is 0 Å². The number of aliphatic imine (C=N–C) groups is 1. The molecule has 1 amide bonds. The van der Waals surface area contributed by atoms with Crippen LogP contribution in [0.2, 0.25) is 0 Å². The molecule has 0 bridgehead atoms. The Kier molecular flexibility index (Phi) is 7.62. The van der Waals surface area contributed by atoms with Crippen LogP contribution in [0.15, 0.2) is 4.99 Å². The average Bonchev–Trinajstić information content (AvgIpc) is 3.23. The van der Waals surface area contributed by atoms with Crippen molar-refractivity contribution in [2.45, 2.75) is 65.7 Å². The number of nitrogens with zero attached hydrogens (tertiary/aromatic N) is 2. The van der Waals surface area contributed by atoms with Crippen molar-refractivity contribution in [1.29, 1.82) is 0 Å². The zero-order chi connectivity index (χ0) is 17.9. The van der Waals surface area contributed by atoms with Gasteiger partial charge in [0, 0.05) is 44.6 Å². The van der Waals surface area contributed by atoms with Gasteiger partial charge in [0.1, 0.15) is 0 Å². The summed E-state index contributed by atoms with van der Waals surface area (Å²) in [5, 5.41) is 6.54. The van der Waals surface area contributed by atoms with E-state index in [4.69, 9.17) is 4.99 Å². The van der Waals surface area contributed by atoms with Crippen LogP contribution in [0.25, 0.3) is 0 Å². The molecule has 2 N–H and O–H groups in total. The number of carbonyl (C=O) groups is 1. The maximum atomic E-state index is 11.7. The maximum absolute atomic E-state index is 11.7. The molecule has 0 aromatic heterocycles. The second-order valence-corrected chi connectivity index (χ2v) is 9.12. The molecule has 2 aliphatic heterocycles. The normalized spacial score (nSPS) is 27.6. The van der Waals surface area contributed by atoms with Gasteiger partial charge < -0.3 is 15.5 Å². The lowest BCUT2D eigenvalue weighted by Gasteiger charge is -2.41. The highest BCUT2D eigenvalue weighted by Crippen LogP contribution is 2.40. The molecular weight excluding hydrogens is 439 g/mol. The molecule has 3 fully saturated rings. The van der Waals surface area contributed by atoms with Crippen LogP contribution < -0.4 is 10.6 Å². The fraction of sp³-hybridized carbons (Fsp3) is 0.900. The Bertz CT molecular complexity index is 516. The molecule has 150 valence electrons. The van der Waals surface area contributed by atoms with Gasteiger partial charge in [-0.2, -0.15) is 0 Å². The van der Waals surface area contributed by atoms with Crippen LogP contribution >= 0.6 is 24.0 Å². The third-order valence-corrected chi connectivity index (χ3v) is 6.59. The average molecular weight is 476 g/mol. The Morgan fingerprint density at radius 1 is 1.35 bits per heavy atom. The third kappa shape index (κ3) is 5.04. The molecule has 3 rings (SSSR count). The molecule has 0 aromatic carbocycles. The van der Waals surface area contributed by atoms with Gasteiger partial charge in [0.2, 0.25) is 5.91 Å². The van der Waals surface area contributed by atoms with Crippen molar-refractivity contribution in [1.82, 2.24) is 15.5 Å². The molecule has 3 aliphatic rings. The number of rotatable bonds is 4. The summed E-state index contributed by atoms with van der Waals surface area (Å²) in [6.07, 6.45) is 8.46. The molecule has 0 radical (unpaired) electrons. The van der Waals surface area contributed by atoms with Gasteiger partial charge in [0.25, 0.3) is 0 Å². The van der Waals surface area contributed by atoms with Gasteiger partial charge in [-0.1, -0.05) is 26.7 Å². The predicted octanol–water partition coefficient (Wildman–Crippen LogP) is 3.39. The maximum Gasteiger partial charge on any atom is 0.220 e. The molecule has 2 saturated heterocycles. The second-order valence-electron chi connectivity index (χ2n) is 9.12. The summed E-state index contributed by atoms with van der Waals surface area (Å²) in [7, 11) is 0. The minimum atomic E-state index is 0. The van der Waals surface area contributed by atoms with E-state index in [-0.39, 0.29) is 40.7 Å². The monoisotopic (exact) mass is 476 g/mol. The molecular formula is C20H37IN4O. The first-order valence-electron chi connectivity index (χ1n) is 10.2. The largest absolute Gasteiger partial charge is 0.357 e. The van der Waals surface area contributed by atoms with Gasteiger partial charge in [-0.15, -0.1) is 24.0 Å². The summed E-state index contributed by atoms with van der Waals surface area (Å²) in [5.41, 5.74) is 0.391. The van der Waals surface area contributed by atoms with Crippen LogP contribution in [0, 0.1) is 16.7 Å². The van der Waals surface area contributed by atoms with Crippen LogP contribution in [0.5, 0.6) is 0 Å². The smallest absolute Gasteiger partial charge is 0.220 e. The molecule has 1 atom stereocenters. The van der Waals surface area contributed by atoms with Gasteiger partial charge in [0.05, 0.1) is 0 Å². The Morgan fingerprint density at radius 3 is 2.69 bits per heavy atom. The van der Waals surface area contributed by atoms with Crippen molar-refractivity contribution in [3.63, 3.8) is 0 Å². The number of nitrogens with one attached hydrogen (secondary N) is 2. The lowest BCUT2D eigenvalue weighted by Crippen LogP contribution is -2.51. The number of likely N-dealkylation sites (tertiary alicyclic amines) is 1. The number of piperidine rings is 1. The highest BCUT2D eigenvalue weighted by Gasteiger charge is 2.42. The van der Waals surface area contributed by atoms with Crippen LogP contribution in [0.3, 0.4) is 0 Å². The number of hydrogen-bond donors (Lipinski definition) is 2. The second kappa shape index (κ2) is 9.11. The van der Waals surface area contributed by atoms with E-state index in [0.717, 1.165) is 57.4 Å². The zero-order valence-corrected chi connectivity index (χ0v) is 19.1. The van der Waals surface area contributed by atoms with Crippen molar-refractivity contribution < 1.29 is 4.79 Å². The number of halogens is 1. The van der Waals surface area contributed by atoms with E-state index in [9.17, 15) is 4.79 Å². The van der Waals surface area contributed by atoms with Gasteiger partial charge in [-0.25, -0.2) is 0 Å². The van der Waals surface area contributed by atoms with Crippen molar-refractivity contribution in [2.75, 3.05) is 32.7 Å². The van der Waals surface area contributed by atoms with E-state index in [0.29, 0.717) is 6.42 Å². The summed E-state index contributed by atoms with van der Waals surface area (Å²) in [5.74, 6) is 2.07. The SMILES string of the molecule is CCNC(=NCC(C)(C)C1CCCC1)N1CCCC2(CNC(=O)C2)C1.I. The third-order valence-electron chi connectivity index (χ3n) is 6.59. The molecule has 0 aromatic rings. The number of hydrogen-bond acceptors (Lipinski definition) is 2. The fourth-order valence-corrected chi connectivity index (χ4v) is 4.97. The first-order chi connectivity index (χ1) is 11.9. The van der Waals surface area contributed by atoms with Crippen LogP contribution in [-0.4, -0.2) is 49.5 Å². The predicted molar refractivity (Wildman–Crippen MR) is 118 cm³/mol. The summed E-state index contributed by atoms with van der Waals surface area (Å²) in [6.45, 7) is 11.5. The molecule has 5 nitrogen and oxygen atoms in total. The molecule has 1 saturated carbocycles. The number of guanidine groups is 1. The van der Waals surface area contributed by atoms with Crippen molar-refractivity contribution in [3.05, 3.63) is 0 Å². The van der Waals surface area contributed by atoms with Crippen LogP contribution in [0.4, 0.5) is 0 Å². The molecule has 1 spiro atoms. The van der Waals surface area contributed by atoms with Crippen LogP contribution in [0.1, 0.15) is 65.7 Å². The summed E-state index contributed by atoms with van der Waals surface area (Å²) < 4.78 is 0. The number of amides is 1. The Balaban J connectivity index is 0.00000243. The van der Waals surface area contributed by atoms with E-state index in [1.807, 2.05) is 0 Å². The lowest BCUT2D eigenvalue weighted by atomic mass is 9.78. The zero-order valence-electron chi connectivity index (χ0n) is 16.8. The van der Waals surface area contributed by atoms with E-state index >= 15 is 0 Å². The lowest BCUT2D eigenvalue weighted by molar-refractivity contribution is -0.119. The van der Waals surface area contributed by atoms with Crippen molar-refractivity contribution >= 4 is 35.8 Å². The Hall–Kier alpha value is -0.530. The first kappa shape index (κ1) is 21.8. The fourth-order valence-electron chi connectivity index (χ4n) is 4.97. The van der Waals surface area contributed by atoms with Crippen molar-refractivity contribution in [2.24, 2.45) is 21.7 Å². The quantitative estimate of drug-likeness (QED) is 0.372. The van der Waals surface area contributed by atoms with E-state index in [1.165, 1.54) is 25.7 Å².